The molecule has 0 fully saturated rings. The van der Waals surface area contributed by atoms with Gasteiger partial charge in [-0.2, -0.15) is 0 Å². The van der Waals surface area contributed by atoms with E-state index in [1.54, 1.807) is 0 Å². The molecular formula is C18H12BrNO. The van der Waals surface area contributed by atoms with Gasteiger partial charge in [-0.1, -0.05) is 42.5 Å². The monoisotopic (exact) mass is 337 g/mol. The molecule has 0 aliphatic heterocycles. The number of fused-ring (bicyclic) bond motifs is 3. The van der Waals surface area contributed by atoms with Crippen molar-refractivity contribution in [3.05, 3.63) is 65.1 Å². The summed E-state index contributed by atoms with van der Waals surface area (Å²) in [6.07, 6.45) is 0. The van der Waals surface area contributed by atoms with Gasteiger partial charge in [0.25, 0.3) is 0 Å². The summed E-state index contributed by atoms with van der Waals surface area (Å²) < 4.78 is 6.95. The molecule has 2 N–H and O–H groups in total. The van der Waals surface area contributed by atoms with Crippen LogP contribution in [0.5, 0.6) is 0 Å². The maximum atomic E-state index is 6.15. The summed E-state index contributed by atoms with van der Waals surface area (Å²) in [7, 11) is 0. The Kier molecular flexibility index (Phi) is 2.76. The molecule has 0 aliphatic rings. The van der Waals surface area contributed by atoms with Crippen LogP contribution in [0.15, 0.2) is 69.6 Å². The number of nitrogen functional groups attached to an aromatic ring is 1. The normalized spacial score (nSPS) is 11.3. The summed E-state index contributed by atoms with van der Waals surface area (Å²) in [5.41, 5.74) is 10.8. The van der Waals surface area contributed by atoms with Crippen LogP contribution in [-0.4, -0.2) is 0 Å². The van der Waals surface area contributed by atoms with Gasteiger partial charge in [-0.15, -0.1) is 0 Å². The van der Waals surface area contributed by atoms with Crippen LogP contribution in [-0.2, 0) is 0 Å². The molecule has 4 aromatic rings. The average Bonchev–Trinajstić information content (AvgIpc) is 2.89. The molecule has 102 valence electrons. The van der Waals surface area contributed by atoms with Crippen molar-refractivity contribution in [3.8, 4) is 11.1 Å². The number of benzene rings is 3. The smallest absolute Gasteiger partial charge is 0.150 e. The Labute approximate surface area is 130 Å². The Balaban J connectivity index is 2.20. The van der Waals surface area contributed by atoms with Gasteiger partial charge >= 0.3 is 0 Å². The first-order valence-corrected chi connectivity index (χ1v) is 7.49. The van der Waals surface area contributed by atoms with E-state index in [1.165, 1.54) is 0 Å². The number of para-hydroxylation sites is 2. The van der Waals surface area contributed by atoms with Crippen molar-refractivity contribution in [3.63, 3.8) is 0 Å². The van der Waals surface area contributed by atoms with E-state index in [1.807, 2.05) is 48.5 Å². The maximum absolute atomic E-state index is 6.15. The molecule has 0 unspecified atom stereocenters. The summed E-state index contributed by atoms with van der Waals surface area (Å²) in [6, 6.07) is 20.1. The number of hydrogen-bond acceptors (Lipinski definition) is 2. The van der Waals surface area contributed by atoms with Gasteiger partial charge in [0, 0.05) is 22.0 Å². The summed E-state index contributed by atoms with van der Waals surface area (Å²) in [5.74, 6) is 0. The highest BCUT2D eigenvalue weighted by molar-refractivity contribution is 9.10. The lowest BCUT2D eigenvalue weighted by Crippen LogP contribution is -1.89. The minimum atomic E-state index is 0.770. The summed E-state index contributed by atoms with van der Waals surface area (Å²) >= 11 is 3.58. The SMILES string of the molecule is Nc1ccccc1-c1ccc(Br)c2oc3ccccc3c12. The maximum Gasteiger partial charge on any atom is 0.150 e. The third-order valence-electron chi connectivity index (χ3n) is 3.73. The second-order valence-corrected chi connectivity index (χ2v) is 5.84. The average molecular weight is 338 g/mol. The fourth-order valence-corrected chi connectivity index (χ4v) is 3.17. The molecule has 3 aromatic carbocycles. The van der Waals surface area contributed by atoms with Crippen LogP contribution in [0.4, 0.5) is 5.69 Å². The summed E-state index contributed by atoms with van der Waals surface area (Å²) in [5, 5.41) is 2.20. The molecule has 0 atom stereocenters. The lowest BCUT2D eigenvalue weighted by molar-refractivity contribution is 0.667. The number of nitrogens with two attached hydrogens (primary N) is 1. The number of anilines is 1. The molecule has 0 saturated heterocycles. The van der Waals surface area contributed by atoms with Crippen LogP contribution in [0.1, 0.15) is 0 Å². The zero-order valence-electron chi connectivity index (χ0n) is 11.1. The fourth-order valence-electron chi connectivity index (χ4n) is 2.76. The lowest BCUT2D eigenvalue weighted by atomic mass is 9.98. The molecule has 0 saturated carbocycles. The quantitative estimate of drug-likeness (QED) is 0.459. The Bertz CT molecular complexity index is 971. The highest BCUT2D eigenvalue weighted by Crippen LogP contribution is 2.41. The molecule has 21 heavy (non-hydrogen) atoms. The van der Waals surface area contributed by atoms with Gasteiger partial charge in [-0.3, -0.25) is 0 Å². The number of furan rings is 1. The van der Waals surface area contributed by atoms with E-state index in [0.29, 0.717) is 0 Å². The molecular weight excluding hydrogens is 326 g/mol. The minimum absolute atomic E-state index is 0.770. The van der Waals surface area contributed by atoms with E-state index in [4.69, 9.17) is 10.2 Å². The van der Waals surface area contributed by atoms with Crippen LogP contribution in [0.25, 0.3) is 33.1 Å². The lowest BCUT2D eigenvalue weighted by Gasteiger charge is -2.07. The van der Waals surface area contributed by atoms with Crippen molar-refractivity contribution in [2.24, 2.45) is 0 Å². The first kappa shape index (κ1) is 12.5. The molecule has 2 nitrogen and oxygen atoms in total. The Morgan fingerprint density at radius 3 is 2.43 bits per heavy atom. The van der Waals surface area contributed by atoms with E-state index < -0.39 is 0 Å². The van der Waals surface area contributed by atoms with Crippen LogP contribution in [0.3, 0.4) is 0 Å². The predicted octanol–water partition coefficient (Wildman–Crippen LogP) is 5.60. The van der Waals surface area contributed by atoms with Gasteiger partial charge in [-0.25, -0.2) is 0 Å². The first-order chi connectivity index (χ1) is 10.3. The second kappa shape index (κ2) is 4.64. The molecule has 1 aromatic heterocycles. The van der Waals surface area contributed by atoms with Gasteiger partial charge in [0.2, 0.25) is 0 Å². The number of rotatable bonds is 1. The predicted molar refractivity (Wildman–Crippen MR) is 91.3 cm³/mol. The van der Waals surface area contributed by atoms with Crippen molar-refractivity contribution in [2.45, 2.75) is 0 Å². The zero-order chi connectivity index (χ0) is 14.4. The van der Waals surface area contributed by atoms with Gasteiger partial charge in [0.05, 0.1) is 4.47 Å². The summed E-state index contributed by atoms with van der Waals surface area (Å²) in [6.45, 7) is 0. The van der Waals surface area contributed by atoms with E-state index in [2.05, 4.69) is 28.1 Å². The fraction of sp³-hybridized carbons (Fsp3) is 0. The molecule has 0 amide bonds. The van der Waals surface area contributed by atoms with Gasteiger partial charge < -0.3 is 10.2 Å². The Hall–Kier alpha value is -2.26. The van der Waals surface area contributed by atoms with Crippen LogP contribution >= 0.6 is 15.9 Å². The minimum Gasteiger partial charge on any atom is -0.455 e. The highest BCUT2D eigenvalue weighted by Gasteiger charge is 2.15. The van der Waals surface area contributed by atoms with Crippen molar-refractivity contribution in [1.29, 1.82) is 0 Å². The first-order valence-electron chi connectivity index (χ1n) is 6.70. The second-order valence-electron chi connectivity index (χ2n) is 4.98. The molecule has 3 heteroatoms. The Morgan fingerprint density at radius 1 is 0.810 bits per heavy atom. The Morgan fingerprint density at radius 2 is 1.57 bits per heavy atom. The highest BCUT2D eigenvalue weighted by atomic mass is 79.9. The van der Waals surface area contributed by atoms with E-state index in [0.717, 1.165) is 43.2 Å². The third kappa shape index (κ3) is 1.85. The number of hydrogen-bond donors (Lipinski definition) is 1. The topological polar surface area (TPSA) is 39.2 Å². The standard InChI is InChI=1S/C18H12BrNO/c19-14-10-9-12(11-5-1-3-7-15(11)20)17-13-6-2-4-8-16(13)21-18(14)17/h1-10H,20H2. The molecule has 0 radical (unpaired) electrons. The van der Waals surface area contributed by atoms with E-state index >= 15 is 0 Å². The van der Waals surface area contributed by atoms with Gasteiger partial charge in [0.15, 0.2) is 0 Å². The van der Waals surface area contributed by atoms with Crippen molar-refractivity contribution in [2.75, 3.05) is 5.73 Å². The van der Waals surface area contributed by atoms with Crippen LogP contribution in [0.2, 0.25) is 0 Å². The molecule has 4 rings (SSSR count). The summed E-state index contributed by atoms with van der Waals surface area (Å²) in [4.78, 5) is 0. The zero-order valence-corrected chi connectivity index (χ0v) is 12.7. The third-order valence-corrected chi connectivity index (χ3v) is 4.35. The van der Waals surface area contributed by atoms with E-state index in [-0.39, 0.29) is 0 Å². The van der Waals surface area contributed by atoms with Crippen molar-refractivity contribution in [1.82, 2.24) is 0 Å². The molecule has 0 bridgehead atoms. The van der Waals surface area contributed by atoms with Crippen LogP contribution in [0, 0.1) is 0 Å². The van der Waals surface area contributed by atoms with Gasteiger partial charge in [-0.05, 0) is 39.7 Å². The molecule has 1 heterocycles. The van der Waals surface area contributed by atoms with E-state index in [9.17, 15) is 0 Å². The van der Waals surface area contributed by atoms with Crippen LogP contribution < -0.4 is 5.73 Å². The van der Waals surface area contributed by atoms with Gasteiger partial charge in [0.1, 0.15) is 11.2 Å². The number of halogens is 1. The van der Waals surface area contributed by atoms with Crippen molar-refractivity contribution < 1.29 is 4.42 Å². The largest absolute Gasteiger partial charge is 0.455 e. The molecule has 0 aliphatic carbocycles. The van der Waals surface area contributed by atoms with Crippen molar-refractivity contribution >= 4 is 43.6 Å². The molecule has 0 spiro atoms.